The van der Waals surface area contributed by atoms with Gasteiger partial charge in [0.25, 0.3) is 0 Å². The molecule has 1 atom stereocenters. The zero-order valence-corrected chi connectivity index (χ0v) is 12.9. The van der Waals surface area contributed by atoms with E-state index in [9.17, 15) is 13.6 Å². The van der Waals surface area contributed by atoms with Crippen LogP contribution in [0, 0.1) is 11.6 Å². The third-order valence-corrected chi connectivity index (χ3v) is 3.40. The lowest BCUT2D eigenvalue weighted by Gasteiger charge is -2.15. The van der Waals surface area contributed by atoms with Crippen molar-refractivity contribution in [3.05, 3.63) is 65.2 Å². The van der Waals surface area contributed by atoms with Crippen LogP contribution in [0.25, 0.3) is 0 Å². The van der Waals surface area contributed by atoms with Gasteiger partial charge in [-0.1, -0.05) is 18.2 Å². The lowest BCUT2D eigenvalue weighted by molar-refractivity contribution is 0.237. The smallest absolute Gasteiger partial charge is 0.315 e. The van der Waals surface area contributed by atoms with Crippen LogP contribution in [0.3, 0.4) is 0 Å². The second-order valence-electron chi connectivity index (χ2n) is 5.07. The van der Waals surface area contributed by atoms with Gasteiger partial charge in [-0.05, 0) is 42.3 Å². The first-order chi connectivity index (χ1) is 11.0. The van der Waals surface area contributed by atoms with Crippen LogP contribution < -0.4 is 15.4 Å². The van der Waals surface area contributed by atoms with Crippen LogP contribution >= 0.6 is 0 Å². The number of amides is 2. The van der Waals surface area contributed by atoms with Crippen LogP contribution in [0.15, 0.2) is 42.5 Å². The number of hydrogen-bond donors (Lipinski definition) is 2. The average Bonchev–Trinajstić information content (AvgIpc) is 2.55. The van der Waals surface area contributed by atoms with E-state index < -0.39 is 23.7 Å². The highest BCUT2D eigenvalue weighted by Gasteiger charge is 2.11. The normalized spacial score (nSPS) is 11.7. The molecule has 2 rings (SSSR count). The number of methoxy groups -OCH3 is 1. The Labute approximate surface area is 133 Å². The number of hydrogen-bond acceptors (Lipinski definition) is 2. The fraction of sp³-hybridized carbons (Fsp3) is 0.235. The zero-order valence-electron chi connectivity index (χ0n) is 12.9. The molecular formula is C17H18F2N2O2. The van der Waals surface area contributed by atoms with Gasteiger partial charge in [-0.3, -0.25) is 0 Å². The van der Waals surface area contributed by atoms with Crippen molar-refractivity contribution in [2.75, 3.05) is 7.11 Å². The molecule has 0 aliphatic carbocycles. The van der Waals surface area contributed by atoms with E-state index in [1.165, 1.54) is 6.07 Å². The Morgan fingerprint density at radius 1 is 1.13 bits per heavy atom. The topological polar surface area (TPSA) is 50.4 Å². The lowest BCUT2D eigenvalue weighted by atomic mass is 10.1. The first-order valence-corrected chi connectivity index (χ1v) is 7.12. The Bertz CT molecular complexity index is 675. The monoisotopic (exact) mass is 320 g/mol. The van der Waals surface area contributed by atoms with Crippen LogP contribution in [-0.2, 0) is 6.54 Å². The van der Waals surface area contributed by atoms with Crippen molar-refractivity contribution in [3.8, 4) is 5.75 Å². The molecule has 0 heterocycles. The maximum atomic E-state index is 13.2. The summed E-state index contributed by atoms with van der Waals surface area (Å²) in [7, 11) is 1.58. The van der Waals surface area contributed by atoms with Crippen molar-refractivity contribution in [2.45, 2.75) is 19.5 Å². The van der Waals surface area contributed by atoms with E-state index in [1.54, 1.807) is 26.2 Å². The summed E-state index contributed by atoms with van der Waals surface area (Å²) in [5.41, 5.74) is 1.41. The SMILES string of the molecule is COc1ccc(CNC(=O)NC(C)c2ccc(F)c(F)c2)cc1. The Balaban J connectivity index is 1.86. The van der Waals surface area contributed by atoms with Crippen molar-refractivity contribution < 1.29 is 18.3 Å². The van der Waals surface area contributed by atoms with Gasteiger partial charge in [-0.15, -0.1) is 0 Å². The molecule has 0 aliphatic rings. The molecule has 1 unspecified atom stereocenters. The van der Waals surface area contributed by atoms with Crippen molar-refractivity contribution in [1.29, 1.82) is 0 Å². The van der Waals surface area contributed by atoms with Crippen molar-refractivity contribution in [1.82, 2.24) is 10.6 Å². The average molecular weight is 320 g/mol. The molecule has 2 N–H and O–H groups in total. The summed E-state index contributed by atoms with van der Waals surface area (Å²) in [5, 5.41) is 5.38. The van der Waals surface area contributed by atoms with Gasteiger partial charge >= 0.3 is 6.03 Å². The highest BCUT2D eigenvalue weighted by Crippen LogP contribution is 2.16. The molecule has 0 aliphatic heterocycles. The third-order valence-electron chi connectivity index (χ3n) is 3.40. The molecule has 2 aromatic rings. The number of rotatable bonds is 5. The van der Waals surface area contributed by atoms with Crippen LogP contribution in [0.1, 0.15) is 24.1 Å². The quantitative estimate of drug-likeness (QED) is 0.885. The highest BCUT2D eigenvalue weighted by atomic mass is 19.2. The number of carbonyl (C=O) groups excluding carboxylic acids is 1. The summed E-state index contributed by atoms with van der Waals surface area (Å²) in [4.78, 5) is 11.9. The third kappa shape index (κ3) is 4.67. The number of halogens is 2. The summed E-state index contributed by atoms with van der Waals surface area (Å²) in [6, 6.07) is 10.0. The Kier molecular flexibility index (Phi) is 5.51. The van der Waals surface area contributed by atoms with Gasteiger partial charge in [0.1, 0.15) is 5.75 Å². The molecule has 0 radical (unpaired) electrons. The molecule has 0 saturated heterocycles. The Hall–Kier alpha value is -2.63. The molecule has 0 aromatic heterocycles. The predicted molar refractivity (Wildman–Crippen MR) is 83.1 cm³/mol. The molecular weight excluding hydrogens is 302 g/mol. The van der Waals surface area contributed by atoms with E-state index in [4.69, 9.17) is 4.74 Å². The molecule has 23 heavy (non-hydrogen) atoms. The van der Waals surface area contributed by atoms with E-state index >= 15 is 0 Å². The van der Waals surface area contributed by atoms with E-state index in [1.807, 2.05) is 12.1 Å². The standard InChI is InChI=1S/C17H18F2N2O2/c1-11(13-5-8-15(18)16(19)9-13)21-17(22)20-10-12-3-6-14(23-2)7-4-12/h3-9,11H,10H2,1-2H3,(H2,20,21,22). The number of carbonyl (C=O) groups is 1. The number of ether oxygens (including phenoxy) is 1. The van der Waals surface area contributed by atoms with E-state index in [2.05, 4.69) is 10.6 Å². The minimum atomic E-state index is -0.935. The molecule has 122 valence electrons. The molecule has 2 amide bonds. The summed E-state index contributed by atoms with van der Waals surface area (Å²) in [6.45, 7) is 2.04. The lowest BCUT2D eigenvalue weighted by Crippen LogP contribution is -2.36. The number of urea groups is 1. The minimum absolute atomic E-state index is 0.348. The van der Waals surface area contributed by atoms with Crippen molar-refractivity contribution >= 4 is 6.03 Å². The van der Waals surface area contributed by atoms with E-state index in [0.29, 0.717) is 12.1 Å². The predicted octanol–water partition coefficient (Wildman–Crippen LogP) is 3.53. The van der Waals surface area contributed by atoms with E-state index in [-0.39, 0.29) is 0 Å². The first-order valence-electron chi connectivity index (χ1n) is 7.12. The second-order valence-corrected chi connectivity index (χ2v) is 5.07. The van der Waals surface area contributed by atoms with Gasteiger partial charge in [0, 0.05) is 6.54 Å². The molecule has 0 saturated carbocycles. The van der Waals surface area contributed by atoms with Crippen LogP contribution in [0.5, 0.6) is 5.75 Å². The molecule has 4 nitrogen and oxygen atoms in total. The van der Waals surface area contributed by atoms with E-state index in [0.717, 1.165) is 23.4 Å². The number of nitrogens with one attached hydrogen (secondary N) is 2. The molecule has 2 aromatic carbocycles. The number of benzene rings is 2. The van der Waals surface area contributed by atoms with Gasteiger partial charge in [-0.25, -0.2) is 13.6 Å². The van der Waals surface area contributed by atoms with Crippen LogP contribution in [-0.4, -0.2) is 13.1 Å². The van der Waals surface area contributed by atoms with Gasteiger partial charge < -0.3 is 15.4 Å². The summed E-state index contributed by atoms with van der Waals surface area (Å²) < 4.78 is 31.2. The zero-order chi connectivity index (χ0) is 16.8. The van der Waals surface area contributed by atoms with Crippen molar-refractivity contribution in [2.24, 2.45) is 0 Å². The Morgan fingerprint density at radius 2 is 1.83 bits per heavy atom. The van der Waals surface area contributed by atoms with Gasteiger partial charge in [0.05, 0.1) is 13.2 Å². The molecule has 0 bridgehead atoms. The molecule has 0 fully saturated rings. The van der Waals surface area contributed by atoms with Crippen LogP contribution in [0.4, 0.5) is 13.6 Å². The maximum Gasteiger partial charge on any atom is 0.315 e. The summed E-state index contributed by atoms with van der Waals surface area (Å²) >= 11 is 0. The minimum Gasteiger partial charge on any atom is -0.497 e. The highest BCUT2D eigenvalue weighted by molar-refractivity contribution is 5.74. The maximum absolute atomic E-state index is 13.2. The Morgan fingerprint density at radius 3 is 2.43 bits per heavy atom. The fourth-order valence-corrected chi connectivity index (χ4v) is 2.04. The molecule has 6 heteroatoms. The van der Waals surface area contributed by atoms with Crippen LogP contribution in [0.2, 0.25) is 0 Å². The van der Waals surface area contributed by atoms with Gasteiger partial charge in [0.2, 0.25) is 0 Å². The summed E-state index contributed by atoms with van der Waals surface area (Å²) in [6.07, 6.45) is 0. The first kappa shape index (κ1) is 16.7. The van der Waals surface area contributed by atoms with Crippen molar-refractivity contribution in [3.63, 3.8) is 0 Å². The summed E-state index contributed by atoms with van der Waals surface area (Å²) in [5.74, 6) is -1.11. The molecule has 0 spiro atoms. The fourth-order valence-electron chi connectivity index (χ4n) is 2.04. The largest absolute Gasteiger partial charge is 0.497 e. The second kappa shape index (κ2) is 7.58. The van der Waals surface area contributed by atoms with Gasteiger partial charge in [-0.2, -0.15) is 0 Å². The van der Waals surface area contributed by atoms with Gasteiger partial charge in [0.15, 0.2) is 11.6 Å².